The Morgan fingerprint density at radius 3 is 2.32 bits per heavy atom. The summed E-state index contributed by atoms with van der Waals surface area (Å²) >= 11 is 0. The van der Waals surface area contributed by atoms with Crippen LogP contribution in [0.3, 0.4) is 0 Å². The van der Waals surface area contributed by atoms with Gasteiger partial charge in [-0.1, -0.05) is 58.8 Å². The Hall–Kier alpha value is -1.18. The van der Waals surface area contributed by atoms with E-state index in [4.69, 9.17) is 0 Å². The summed E-state index contributed by atoms with van der Waals surface area (Å²) in [6, 6.07) is 0. The molecule has 142 valence electrons. The molecule has 0 saturated carbocycles. The predicted octanol–water partition coefficient (Wildman–Crippen LogP) is 6.45. The maximum atomic E-state index is 13.0. The van der Waals surface area contributed by atoms with Crippen LogP contribution in [0.25, 0.3) is 0 Å². The van der Waals surface area contributed by atoms with Crippen molar-refractivity contribution in [2.45, 2.75) is 91.9 Å². The minimum atomic E-state index is -0.446. The summed E-state index contributed by atoms with van der Waals surface area (Å²) in [7, 11) is 0. The molecule has 1 atom stereocenters. The fraction of sp³-hybridized carbons (Fsp3) is 0.739. The number of ketones is 2. The highest BCUT2D eigenvalue weighted by atomic mass is 16.1. The van der Waals surface area contributed by atoms with E-state index in [0.717, 1.165) is 38.5 Å². The van der Waals surface area contributed by atoms with Crippen LogP contribution < -0.4 is 0 Å². The third kappa shape index (κ3) is 7.30. The van der Waals surface area contributed by atoms with E-state index in [1.165, 1.54) is 12.8 Å². The summed E-state index contributed by atoms with van der Waals surface area (Å²) in [5.41, 5.74) is -0.785. The van der Waals surface area contributed by atoms with Gasteiger partial charge in [0.1, 0.15) is 11.6 Å². The van der Waals surface area contributed by atoms with E-state index in [0.29, 0.717) is 18.6 Å². The van der Waals surface area contributed by atoms with E-state index in [9.17, 15) is 9.59 Å². The van der Waals surface area contributed by atoms with Gasteiger partial charge in [-0.15, -0.1) is 6.58 Å². The number of carbonyl (C=O) groups is 2. The lowest BCUT2D eigenvalue weighted by atomic mass is 9.69. The maximum Gasteiger partial charge on any atom is 0.144 e. The molecule has 1 rings (SSSR count). The molecule has 0 radical (unpaired) electrons. The van der Waals surface area contributed by atoms with Crippen LogP contribution in [0.2, 0.25) is 0 Å². The van der Waals surface area contributed by atoms with Gasteiger partial charge < -0.3 is 0 Å². The van der Waals surface area contributed by atoms with Gasteiger partial charge >= 0.3 is 0 Å². The quantitative estimate of drug-likeness (QED) is 0.538. The van der Waals surface area contributed by atoms with Gasteiger partial charge in [-0.25, -0.2) is 0 Å². The van der Waals surface area contributed by atoms with E-state index in [2.05, 4.69) is 32.6 Å². The first-order valence-electron chi connectivity index (χ1n) is 10.0. The molecule has 0 heterocycles. The molecular weight excluding hydrogens is 308 g/mol. The highest BCUT2D eigenvalue weighted by molar-refractivity contribution is 5.90. The average molecular weight is 347 g/mol. The summed E-state index contributed by atoms with van der Waals surface area (Å²) in [6.45, 7) is 11.9. The molecule has 0 aromatic carbocycles. The van der Waals surface area contributed by atoms with E-state index in [1.54, 1.807) is 0 Å². The van der Waals surface area contributed by atoms with E-state index < -0.39 is 5.41 Å². The Labute approximate surface area is 155 Å². The van der Waals surface area contributed by atoms with Crippen molar-refractivity contribution in [2.75, 3.05) is 0 Å². The second-order valence-electron chi connectivity index (χ2n) is 8.93. The smallest absolute Gasteiger partial charge is 0.144 e. The van der Waals surface area contributed by atoms with E-state index >= 15 is 0 Å². The van der Waals surface area contributed by atoms with Crippen molar-refractivity contribution < 1.29 is 9.59 Å². The largest absolute Gasteiger partial charge is 0.299 e. The molecule has 2 nitrogen and oxygen atoms in total. The van der Waals surface area contributed by atoms with Crippen LogP contribution in [0, 0.1) is 16.7 Å². The Balaban J connectivity index is 2.89. The van der Waals surface area contributed by atoms with Crippen molar-refractivity contribution in [1.29, 1.82) is 0 Å². The topological polar surface area (TPSA) is 34.1 Å². The van der Waals surface area contributed by atoms with Gasteiger partial charge in [-0.3, -0.25) is 9.59 Å². The Morgan fingerprint density at radius 1 is 1.00 bits per heavy atom. The van der Waals surface area contributed by atoms with E-state index in [-0.39, 0.29) is 17.1 Å². The minimum absolute atomic E-state index is 0.0832. The highest BCUT2D eigenvalue weighted by Crippen LogP contribution is 2.37. The van der Waals surface area contributed by atoms with Gasteiger partial charge in [-0.2, -0.15) is 0 Å². The first kappa shape index (κ1) is 21.9. The molecule has 0 amide bonds. The molecule has 0 N–H and O–H groups in total. The lowest BCUT2D eigenvalue weighted by molar-refractivity contribution is -0.137. The van der Waals surface area contributed by atoms with Gasteiger partial charge in [0.2, 0.25) is 0 Å². The molecule has 0 spiro atoms. The van der Waals surface area contributed by atoms with Gasteiger partial charge in [0.25, 0.3) is 0 Å². The molecule has 25 heavy (non-hydrogen) atoms. The SMILES string of the molecule is C=CCC1CCCCCC=CCCC(C)(C)C(=O)C(C)(C)CCC1=O. The third-order valence-electron chi connectivity index (χ3n) is 5.66. The van der Waals surface area contributed by atoms with Crippen LogP contribution >= 0.6 is 0 Å². The maximum absolute atomic E-state index is 13.0. The van der Waals surface area contributed by atoms with Crippen LogP contribution in [0.1, 0.15) is 91.9 Å². The van der Waals surface area contributed by atoms with Gasteiger partial charge in [0.15, 0.2) is 0 Å². The second-order valence-corrected chi connectivity index (χ2v) is 8.93. The lowest BCUT2D eigenvalue weighted by Crippen LogP contribution is -2.37. The summed E-state index contributed by atoms with van der Waals surface area (Å²) in [4.78, 5) is 25.7. The summed E-state index contributed by atoms with van der Waals surface area (Å²) < 4.78 is 0. The minimum Gasteiger partial charge on any atom is -0.299 e. The standard InChI is InChI=1S/C23H38O2/c1-6-14-19-15-12-10-8-7-9-11-13-17-22(2,3)21(25)23(4,5)18-16-20(19)24/h6,9,11,19H,1,7-8,10,12-18H2,2-5H3. The Bertz CT molecular complexity index is 482. The van der Waals surface area contributed by atoms with Crippen LogP contribution in [0.15, 0.2) is 24.8 Å². The fourth-order valence-electron chi connectivity index (χ4n) is 3.90. The monoisotopic (exact) mass is 346 g/mol. The fourth-order valence-corrected chi connectivity index (χ4v) is 3.90. The zero-order chi connectivity index (χ0) is 18.9. The zero-order valence-corrected chi connectivity index (χ0v) is 16.9. The molecule has 0 aromatic heterocycles. The lowest BCUT2D eigenvalue weighted by Gasteiger charge is -2.33. The van der Waals surface area contributed by atoms with Crippen LogP contribution in [-0.2, 0) is 9.59 Å². The van der Waals surface area contributed by atoms with E-state index in [1.807, 2.05) is 19.9 Å². The molecule has 0 aromatic rings. The van der Waals surface area contributed by atoms with Crippen LogP contribution in [-0.4, -0.2) is 11.6 Å². The number of allylic oxidation sites excluding steroid dienone is 3. The molecule has 0 aliphatic heterocycles. The average Bonchev–Trinajstić information content (AvgIpc) is 2.55. The molecule has 0 bridgehead atoms. The Morgan fingerprint density at radius 2 is 1.64 bits per heavy atom. The van der Waals surface area contributed by atoms with Crippen molar-refractivity contribution in [2.24, 2.45) is 16.7 Å². The van der Waals surface area contributed by atoms with Crippen LogP contribution in [0.5, 0.6) is 0 Å². The molecular formula is C23H38O2. The van der Waals surface area contributed by atoms with Gasteiger partial charge in [-0.05, 0) is 44.9 Å². The normalized spacial score (nSPS) is 26.3. The predicted molar refractivity (Wildman–Crippen MR) is 107 cm³/mol. The number of Topliss-reactive ketones (excluding diaryl/α,β-unsaturated/α-hetero) is 2. The van der Waals surface area contributed by atoms with Crippen molar-refractivity contribution in [3.8, 4) is 0 Å². The first-order valence-corrected chi connectivity index (χ1v) is 10.0. The summed E-state index contributed by atoms with van der Waals surface area (Å²) in [6.07, 6.45) is 15.6. The molecule has 1 unspecified atom stereocenters. The number of rotatable bonds is 2. The first-order chi connectivity index (χ1) is 11.7. The van der Waals surface area contributed by atoms with Crippen LogP contribution in [0.4, 0.5) is 0 Å². The number of carbonyl (C=O) groups excluding carboxylic acids is 2. The Kier molecular flexibility index (Phi) is 8.82. The summed E-state index contributed by atoms with van der Waals surface area (Å²) in [5.74, 6) is 0.680. The van der Waals surface area contributed by atoms with Crippen molar-refractivity contribution in [3.63, 3.8) is 0 Å². The molecule has 0 saturated heterocycles. The second kappa shape index (κ2) is 10.1. The number of hydrogen-bond donors (Lipinski definition) is 0. The molecule has 0 fully saturated rings. The number of hydrogen-bond acceptors (Lipinski definition) is 2. The molecule has 1 aliphatic rings. The molecule has 2 heteroatoms. The highest BCUT2D eigenvalue weighted by Gasteiger charge is 2.38. The van der Waals surface area contributed by atoms with Crippen molar-refractivity contribution in [3.05, 3.63) is 24.8 Å². The van der Waals surface area contributed by atoms with Crippen molar-refractivity contribution in [1.82, 2.24) is 0 Å². The van der Waals surface area contributed by atoms with Gasteiger partial charge in [0, 0.05) is 23.2 Å². The summed E-state index contributed by atoms with van der Waals surface area (Å²) in [5, 5.41) is 0. The molecule has 1 aliphatic carbocycles. The zero-order valence-electron chi connectivity index (χ0n) is 16.9. The third-order valence-corrected chi connectivity index (χ3v) is 5.66. The van der Waals surface area contributed by atoms with Crippen molar-refractivity contribution >= 4 is 11.6 Å². The van der Waals surface area contributed by atoms with Gasteiger partial charge in [0.05, 0.1) is 0 Å².